The van der Waals surface area contributed by atoms with E-state index in [0.717, 1.165) is 0 Å². The Bertz CT molecular complexity index is 3830. The van der Waals surface area contributed by atoms with Crippen molar-refractivity contribution < 1.29 is 93.0 Å². The van der Waals surface area contributed by atoms with Gasteiger partial charge < -0.3 is 37.9 Å². The largest absolute Gasteiger partial charge is 0.748 e. The van der Waals surface area contributed by atoms with E-state index >= 15 is 38.4 Å². The third kappa shape index (κ3) is 11.1. The van der Waals surface area contributed by atoms with E-state index in [1.807, 2.05) is 0 Å². The molecule has 572 valence electrons. The van der Waals surface area contributed by atoms with Crippen molar-refractivity contribution in [1.29, 1.82) is 0 Å². The summed E-state index contributed by atoms with van der Waals surface area (Å²) < 4.78 is 93.7. The summed E-state index contributed by atoms with van der Waals surface area (Å²) in [6, 6.07) is 1.45. The first kappa shape index (κ1) is 74.8. The van der Waals surface area contributed by atoms with E-state index in [9.17, 15) is 25.9 Å². The SMILES string of the molecule is CC12N3Cc4c(OCCBr)ccc(OCCBr)c4CN1C(=O)N1CN4C(=O)N5CN6C(=O)N7CN8C(=O)N9Cc%10c(OCCCS(=O)(=O)[O-])ccc(OCCCS(=O)(=O)[O-])c%10CN%10C(=O)N(CN%11C(=O)N(CN%12C(=O)N(CN(C3=O)C12C)C4C%125)C6C%117)C8(C)C%109C.CC[NH+](CC)CC.CC[NH+](CC)CC. The maximum atomic E-state index is 15.6. The fraction of sp³-hybridized carbons (Fsp3) is 0.688. The van der Waals surface area contributed by atoms with E-state index in [1.165, 1.54) is 120 Å². The molecule has 0 radical (unpaired) electrons. The van der Waals surface area contributed by atoms with Gasteiger partial charge in [0.2, 0.25) is 0 Å². The Morgan fingerprint density at radius 3 is 0.779 bits per heavy atom. The van der Waals surface area contributed by atoms with Crippen LogP contribution in [0.2, 0.25) is 0 Å². The molecule has 2 aromatic carbocycles. The molecule has 40 heteroatoms. The van der Waals surface area contributed by atoms with Crippen molar-refractivity contribution in [2.75, 3.05) is 128 Å². The van der Waals surface area contributed by atoms with Gasteiger partial charge in [0.1, 0.15) is 63.0 Å². The molecular formula is C64H92Br2N18O18S2. The molecule has 0 unspecified atom stereocenters. The lowest BCUT2D eigenvalue weighted by Crippen LogP contribution is -3.11. The minimum absolute atomic E-state index is 0.0203. The van der Waals surface area contributed by atoms with Gasteiger partial charge >= 0.3 is 48.2 Å². The van der Waals surface area contributed by atoms with Gasteiger partial charge in [-0.1, -0.05) is 31.9 Å². The Morgan fingerprint density at radius 2 is 0.577 bits per heavy atom. The number of hydrogen-bond acceptors (Lipinski definition) is 18. The van der Waals surface area contributed by atoms with Crippen LogP contribution in [0.25, 0.3) is 0 Å². The van der Waals surface area contributed by atoms with Crippen molar-refractivity contribution in [3.05, 3.63) is 46.5 Å². The second-order valence-electron chi connectivity index (χ2n) is 28.3. The predicted molar refractivity (Wildman–Crippen MR) is 371 cm³/mol. The average molecular weight is 1630 g/mol. The number of fused-ring (bicyclic) bond motifs is 2. The number of urea groups is 8. The van der Waals surface area contributed by atoms with E-state index in [2.05, 4.69) is 73.4 Å². The van der Waals surface area contributed by atoms with Crippen LogP contribution >= 0.6 is 31.9 Å². The lowest BCUT2D eigenvalue weighted by atomic mass is 9.95. The monoisotopic (exact) mass is 1620 g/mol. The van der Waals surface area contributed by atoms with Crippen molar-refractivity contribution in [3.8, 4) is 23.0 Å². The van der Waals surface area contributed by atoms with Gasteiger partial charge in [0.15, 0.2) is 47.3 Å². The van der Waals surface area contributed by atoms with Crippen LogP contribution in [-0.2, 0) is 46.4 Å². The van der Waals surface area contributed by atoms with Crippen LogP contribution in [0.4, 0.5) is 38.4 Å². The van der Waals surface area contributed by atoms with Crippen LogP contribution in [0.1, 0.15) is 104 Å². The van der Waals surface area contributed by atoms with Crippen LogP contribution in [0.15, 0.2) is 24.3 Å². The zero-order valence-electron chi connectivity index (χ0n) is 60.1. The lowest BCUT2D eigenvalue weighted by molar-refractivity contribution is -0.894. The predicted octanol–water partition coefficient (Wildman–Crippen LogP) is 1.31. The van der Waals surface area contributed by atoms with E-state index in [4.69, 9.17) is 18.9 Å². The van der Waals surface area contributed by atoms with Crippen molar-refractivity contribution in [1.82, 2.24) is 78.4 Å². The van der Waals surface area contributed by atoms with E-state index in [-0.39, 0.29) is 63.7 Å². The number of alkyl halides is 2. The Kier molecular flexibility index (Phi) is 19.7. The molecule has 0 aliphatic carbocycles. The first-order valence-electron chi connectivity index (χ1n) is 35.5. The third-order valence-corrected chi connectivity index (χ3v) is 26.1. The van der Waals surface area contributed by atoms with Gasteiger partial charge in [-0.2, -0.15) is 0 Å². The van der Waals surface area contributed by atoms with Crippen LogP contribution in [0.3, 0.4) is 0 Å². The molecule has 0 bridgehead atoms. The Balaban J connectivity index is 0.000000626. The summed E-state index contributed by atoms with van der Waals surface area (Å²) in [6.45, 7) is 24.5. The molecule has 36 nitrogen and oxygen atoms in total. The number of amides is 16. The number of rotatable bonds is 22. The molecular weight excluding hydrogens is 1530 g/mol. The molecule has 11 saturated heterocycles. The summed E-state index contributed by atoms with van der Waals surface area (Å²) in [5, 5.41) is 1.03. The second kappa shape index (κ2) is 27.4. The van der Waals surface area contributed by atoms with Crippen molar-refractivity contribution >= 4 is 100 Å². The van der Waals surface area contributed by atoms with Crippen LogP contribution in [0, 0.1) is 0 Å². The zero-order valence-corrected chi connectivity index (χ0v) is 64.9. The van der Waals surface area contributed by atoms with Gasteiger partial charge in [-0.25, -0.2) is 55.2 Å². The zero-order chi connectivity index (χ0) is 75.0. The quantitative estimate of drug-likeness (QED) is 0.0953. The average Bonchev–Trinajstić information content (AvgIpc) is 1.50. The minimum atomic E-state index is -4.61. The van der Waals surface area contributed by atoms with Gasteiger partial charge in [-0.05, 0) is 106 Å². The molecule has 15 rings (SSSR count). The highest BCUT2D eigenvalue weighted by Crippen LogP contribution is 2.60. The molecule has 2 aromatic rings. The van der Waals surface area contributed by atoms with E-state index < -0.39 is 167 Å². The number of nitrogens with zero attached hydrogens (tertiary/aromatic N) is 16. The molecule has 16 amide bonds. The maximum Gasteiger partial charge on any atom is 0.326 e. The first-order chi connectivity index (χ1) is 49.3. The number of nitrogens with one attached hydrogen (secondary N) is 2. The lowest BCUT2D eigenvalue weighted by Gasteiger charge is -2.49. The summed E-state index contributed by atoms with van der Waals surface area (Å²) in [6.07, 6.45) is -5.21. The van der Waals surface area contributed by atoms with Gasteiger partial charge in [0.25, 0.3) is 0 Å². The Morgan fingerprint density at radius 1 is 0.365 bits per heavy atom. The van der Waals surface area contributed by atoms with Gasteiger partial charge in [-0.15, -0.1) is 0 Å². The molecule has 104 heavy (non-hydrogen) atoms. The van der Waals surface area contributed by atoms with Crippen LogP contribution in [0.5, 0.6) is 23.0 Å². The molecule has 13 heterocycles. The molecule has 13 aliphatic heterocycles. The van der Waals surface area contributed by atoms with Crippen molar-refractivity contribution in [3.63, 3.8) is 0 Å². The van der Waals surface area contributed by atoms with E-state index in [0.29, 0.717) is 57.6 Å². The molecule has 13 aliphatic rings. The number of ether oxygens (including phenoxy) is 4. The summed E-state index contributed by atoms with van der Waals surface area (Å²) >= 11 is 6.87. The standard InChI is InChI=1S/C52H62Br2N16O18S2.2C6H15N/c1-49-51(3)67-25-59-39-37-55(41(59)71)23-57-38-40-61(43(57)73)27-69-47(77)65-21-31-32(36(88-16-12-54)10-9-35(31)87-15-11-53)22-66-48(78)70(52(69,4)50(65,66)2)28-62(40)44(74)58(38)24-56(37)42(72)60(39)26-68(51)46(76)64(49)20-30-29(19-63(49)45(67)75)33(85-13-5-17-89(79,80)81)7-8-34(30)86-14-6-18-90(82,83)84;2*1-4-7(5-2)6-3/h7-10,37-40H,5-6,11-28H2,1-4H3,(H,79,80,81)(H,82,83,84);2*4-6H2,1-3H3. The van der Waals surface area contributed by atoms with Gasteiger partial charge in [-0.3, -0.25) is 78.4 Å². The van der Waals surface area contributed by atoms with Gasteiger partial charge in [0, 0.05) is 44.4 Å². The normalized spacial score (nSPS) is 28.1. The molecule has 0 aromatic heterocycles. The Labute approximate surface area is 621 Å². The number of carbonyl (C=O) groups is 8. The van der Waals surface area contributed by atoms with Gasteiger partial charge in [0.05, 0.1) is 112 Å². The van der Waals surface area contributed by atoms with Crippen LogP contribution in [-0.4, -0.2) is 328 Å². The third-order valence-electron chi connectivity index (χ3n) is 23.9. The van der Waals surface area contributed by atoms with Crippen molar-refractivity contribution in [2.24, 2.45) is 0 Å². The second-order valence-corrected chi connectivity index (χ2v) is 33.0. The number of halogens is 2. The summed E-state index contributed by atoms with van der Waals surface area (Å²) in [5.41, 5.74) is -4.38. The molecule has 0 saturated carbocycles. The fourth-order valence-corrected chi connectivity index (χ4v) is 19.1. The summed E-state index contributed by atoms with van der Waals surface area (Å²) in [7, 11) is -9.22. The topological polar surface area (TPSA) is 349 Å². The molecule has 0 atom stereocenters. The summed E-state index contributed by atoms with van der Waals surface area (Å²) in [5.74, 6) is -0.188. The minimum Gasteiger partial charge on any atom is -0.748 e. The van der Waals surface area contributed by atoms with Crippen LogP contribution < -0.4 is 28.7 Å². The highest BCUT2D eigenvalue weighted by Gasteiger charge is 2.80. The van der Waals surface area contributed by atoms with Crippen molar-refractivity contribution in [2.45, 2.75) is 156 Å². The Hall–Kier alpha value is -7.50. The highest BCUT2D eigenvalue weighted by molar-refractivity contribution is 9.09. The number of quaternary nitrogens is 2. The highest BCUT2D eigenvalue weighted by atomic mass is 79.9. The maximum absolute atomic E-state index is 15.6. The molecule has 11 fully saturated rings. The first-order valence-corrected chi connectivity index (χ1v) is 40.9. The number of hydrogen-bond donors (Lipinski definition) is 2. The fourth-order valence-electron chi connectivity index (χ4n) is 17.8. The van der Waals surface area contributed by atoms with E-state index in [1.54, 1.807) is 59.4 Å². The number of benzene rings is 2. The molecule has 0 spiro atoms. The number of carbonyl (C=O) groups excluding carboxylic acids is 8. The smallest absolute Gasteiger partial charge is 0.326 e. The summed E-state index contributed by atoms with van der Waals surface area (Å²) in [4.78, 5) is 150. The molecule has 2 N–H and O–H groups in total.